The minimum Gasteiger partial charge on any atom is -0.478 e. The smallest absolute Gasteiger partial charge is 0.338 e. The van der Waals surface area contributed by atoms with Crippen LogP contribution in [0.25, 0.3) is 0 Å². The molecular weight excluding hydrogens is 270 g/mol. The standard InChI is InChI=1S/C15H19N3O3/c1-10(2)18(9-5-8-16)15(21)17-12-7-4-6-11(3)13(12)14(19)20/h4,6-7,10H,5,9H2,1-3H3,(H,17,21)(H,19,20). The Bertz CT molecular complexity index is 576. The molecular formula is C15H19N3O3. The molecule has 0 bridgehead atoms. The van der Waals surface area contributed by atoms with Gasteiger partial charge in [0.25, 0.3) is 0 Å². The SMILES string of the molecule is Cc1cccc(NC(=O)N(CCC#N)C(C)C)c1C(=O)O. The number of aromatic carboxylic acids is 1. The van der Waals surface area contributed by atoms with E-state index in [1.807, 2.05) is 19.9 Å². The van der Waals surface area contributed by atoms with Crippen molar-refractivity contribution in [3.05, 3.63) is 29.3 Å². The number of nitrogens with one attached hydrogen (secondary N) is 1. The molecule has 0 aliphatic heterocycles. The second-order valence-corrected chi connectivity index (χ2v) is 4.93. The van der Waals surface area contributed by atoms with E-state index in [-0.39, 0.29) is 23.7 Å². The molecule has 0 radical (unpaired) electrons. The van der Waals surface area contributed by atoms with Crippen LogP contribution in [0.4, 0.5) is 10.5 Å². The first-order valence-electron chi connectivity index (χ1n) is 6.66. The lowest BCUT2D eigenvalue weighted by molar-refractivity contribution is 0.0697. The maximum Gasteiger partial charge on any atom is 0.338 e. The third kappa shape index (κ3) is 4.21. The number of carbonyl (C=O) groups is 2. The summed E-state index contributed by atoms with van der Waals surface area (Å²) in [7, 11) is 0. The van der Waals surface area contributed by atoms with Crippen LogP contribution in [0, 0.1) is 18.3 Å². The molecule has 0 unspecified atom stereocenters. The van der Waals surface area contributed by atoms with Gasteiger partial charge < -0.3 is 15.3 Å². The van der Waals surface area contributed by atoms with Crippen molar-refractivity contribution in [1.29, 1.82) is 5.26 Å². The van der Waals surface area contributed by atoms with Gasteiger partial charge in [-0.15, -0.1) is 0 Å². The molecule has 112 valence electrons. The van der Waals surface area contributed by atoms with Crippen LogP contribution in [0.15, 0.2) is 18.2 Å². The molecule has 0 aliphatic rings. The molecule has 0 atom stereocenters. The monoisotopic (exact) mass is 289 g/mol. The van der Waals surface area contributed by atoms with Crippen LogP contribution in [-0.2, 0) is 0 Å². The highest BCUT2D eigenvalue weighted by Crippen LogP contribution is 2.20. The molecule has 6 heteroatoms. The van der Waals surface area contributed by atoms with Crippen LogP contribution in [0.1, 0.15) is 36.2 Å². The van der Waals surface area contributed by atoms with E-state index in [0.717, 1.165) is 0 Å². The third-order valence-electron chi connectivity index (χ3n) is 3.08. The number of carbonyl (C=O) groups excluding carboxylic acids is 1. The number of carboxylic acid groups (broad SMARTS) is 1. The number of aryl methyl sites for hydroxylation is 1. The van der Waals surface area contributed by atoms with E-state index in [4.69, 9.17) is 5.26 Å². The number of rotatable bonds is 5. The second-order valence-electron chi connectivity index (χ2n) is 4.93. The average molecular weight is 289 g/mol. The summed E-state index contributed by atoms with van der Waals surface area (Å²) < 4.78 is 0. The van der Waals surface area contributed by atoms with Crippen LogP contribution in [0.2, 0.25) is 0 Å². The van der Waals surface area contributed by atoms with Gasteiger partial charge >= 0.3 is 12.0 Å². The molecule has 0 spiro atoms. The topological polar surface area (TPSA) is 93.4 Å². The number of carboxylic acids is 1. The van der Waals surface area contributed by atoms with Crippen LogP contribution in [-0.4, -0.2) is 34.6 Å². The van der Waals surface area contributed by atoms with Crippen molar-refractivity contribution in [3.8, 4) is 6.07 Å². The summed E-state index contributed by atoms with van der Waals surface area (Å²) in [4.78, 5) is 25.0. The van der Waals surface area contributed by atoms with Crippen LogP contribution in [0.5, 0.6) is 0 Å². The number of anilines is 1. The van der Waals surface area contributed by atoms with Crippen molar-refractivity contribution in [2.24, 2.45) is 0 Å². The molecule has 1 aromatic carbocycles. The van der Waals surface area contributed by atoms with Gasteiger partial charge in [0, 0.05) is 12.6 Å². The van der Waals surface area contributed by atoms with Gasteiger partial charge in [-0.3, -0.25) is 0 Å². The van der Waals surface area contributed by atoms with Crippen molar-refractivity contribution >= 4 is 17.7 Å². The van der Waals surface area contributed by atoms with Gasteiger partial charge in [0.2, 0.25) is 0 Å². The van der Waals surface area contributed by atoms with Gasteiger partial charge in [-0.25, -0.2) is 9.59 Å². The van der Waals surface area contributed by atoms with Crippen molar-refractivity contribution in [2.75, 3.05) is 11.9 Å². The Morgan fingerprint density at radius 1 is 1.43 bits per heavy atom. The minimum atomic E-state index is -1.09. The fraction of sp³-hybridized carbons (Fsp3) is 0.400. The highest BCUT2D eigenvalue weighted by Gasteiger charge is 2.20. The Labute approximate surface area is 124 Å². The van der Waals surface area contributed by atoms with Crippen molar-refractivity contribution in [2.45, 2.75) is 33.2 Å². The van der Waals surface area contributed by atoms with Gasteiger partial charge in [-0.05, 0) is 32.4 Å². The van der Waals surface area contributed by atoms with E-state index in [9.17, 15) is 14.7 Å². The minimum absolute atomic E-state index is 0.0786. The van der Waals surface area contributed by atoms with Crippen LogP contribution < -0.4 is 5.32 Å². The summed E-state index contributed by atoms with van der Waals surface area (Å²) in [6, 6.07) is 6.41. The molecule has 2 amide bonds. The average Bonchev–Trinajstić information content (AvgIpc) is 2.38. The van der Waals surface area contributed by atoms with Crippen molar-refractivity contribution < 1.29 is 14.7 Å². The van der Waals surface area contributed by atoms with E-state index < -0.39 is 12.0 Å². The quantitative estimate of drug-likeness (QED) is 0.871. The van der Waals surface area contributed by atoms with E-state index in [2.05, 4.69) is 5.32 Å². The number of urea groups is 1. The zero-order chi connectivity index (χ0) is 16.0. The van der Waals surface area contributed by atoms with E-state index in [1.165, 1.54) is 4.90 Å². The Morgan fingerprint density at radius 3 is 2.62 bits per heavy atom. The number of nitriles is 1. The summed E-state index contributed by atoms with van der Waals surface area (Å²) in [6.07, 6.45) is 0.227. The number of benzene rings is 1. The molecule has 0 saturated heterocycles. The summed E-state index contributed by atoms with van der Waals surface area (Å²) in [5, 5.41) is 20.5. The zero-order valence-corrected chi connectivity index (χ0v) is 12.4. The van der Waals surface area contributed by atoms with Crippen LogP contribution in [0.3, 0.4) is 0 Å². The van der Waals surface area contributed by atoms with Crippen molar-refractivity contribution in [1.82, 2.24) is 4.90 Å². The lowest BCUT2D eigenvalue weighted by Gasteiger charge is -2.26. The predicted octanol–water partition coefficient (Wildman–Crippen LogP) is 2.85. The highest BCUT2D eigenvalue weighted by atomic mass is 16.4. The molecule has 1 aromatic rings. The van der Waals surface area contributed by atoms with E-state index in [0.29, 0.717) is 12.1 Å². The summed E-state index contributed by atoms with van der Waals surface area (Å²) in [5.74, 6) is -1.09. The van der Waals surface area contributed by atoms with Gasteiger partial charge in [0.15, 0.2) is 0 Å². The molecule has 0 aliphatic carbocycles. The number of amides is 2. The lowest BCUT2D eigenvalue weighted by Crippen LogP contribution is -2.40. The molecule has 2 N–H and O–H groups in total. The highest BCUT2D eigenvalue weighted by molar-refractivity contribution is 6.01. The summed E-state index contributed by atoms with van der Waals surface area (Å²) in [6.45, 7) is 5.65. The maximum atomic E-state index is 12.3. The van der Waals surface area contributed by atoms with Gasteiger partial charge in [0.05, 0.1) is 23.7 Å². The zero-order valence-electron chi connectivity index (χ0n) is 12.4. The summed E-state index contributed by atoms with van der Waals surface area (Å²) >= 11 is 0. The van der Waals surface area contributed by atoms with E-state index >= 15 is 0 Å². The third-order valence-corrected chi connectivity index (χ3v) is 3.08. The Morgan fingerprint density at radius 2 is 2.10 bits per heavy atom. The van der Waals surface area contributed by atoms with Crippen LogP contribution >= 0.6 is 0 Å². The maximum absolute atomic E-state index is 12.3. The summed E-state index contributed by atoms with van der Waals surface area (Å²) in [5.41, 5.74) is 0.915. The first kappa shape index (κ1) is 16.5. The fourth-order valence-electron chi connectivity index (χ4n) is 2.01. The van der Waals surface area contributed by atoms with Crippen molar-refractivity contribution in [3.63, 3.8) is 0 Å². The normalized spacial score (nSPS) is 10.0. The molecule has 21 heavy (non-hydrogen) atoms. The Kier molecular flexibility index (Phi) is 5.73. The number of hydrogen-bond donors (Lipinski definition) is 2. The Hall–Kier alpha value is -2.55. The molecule has 0 saturated carbocycles. The first-order chi connectivity index (χ1) is 9.88. The molecule has 0 aromatic heterocycles. The largest absolute Gasteiger partial charge is 0.478 e. The van der Waals surface area contributed by atoms with Gasteiger partial charge in [-0.1, -0.05) is 12.1 Å². The van der Waals surface area contributed by atoms with E-state index in [1.54, 1.807) is 25.1 Å². The predicted molar refractivity (Wildman–Crippen MR) is 79.2 cm³/mol. The molecule has 0 fully saturated rings. The molecule has 6 nitrogen and oxygen atoms in total. The van der Waals surface area contributed by atoms with Gasteiger partial charge in [-0.2, -0.15) is 5.26 Å². The first-order valence-corrected chi connectivity index (χ1v) is 6.66. The molecule has 1 rings (SSSR count). The van der Waals surface area contributed by atoms with Gasteiger partial charge in [0.1, 0.15) is 0 Å². The fourth-order valence-corrected chi connectivity index (χ4v) is 2.01. The molecule has 0 heterocycles. The number of nitrogens with zero attached hydrogens (tertiary/aromatic N) is 2. The Balaban J connectivity index is 2.99. The second kappa shape index (κ2) is 7.29. The lowest BCUT2D eigenvalue weighted by atomic mass is 10.1. The number of hydrogen-bond acceptors (Lipinski definition) is 3.